The van der Waals surface area contributed by atoms with Gasteiger partial charge in [0.05, 0.1) is 11.5 Å². The minimum atomic E-state index is -3.12. The van der Waals surface area contributed by atoms with E-state index in [1.807, 2.05) is 12.1 Å². The molecule has 0 radical (unpaired) electrons. The van der Waals surface area contributed by atoms with Crippen molar-refractivity contribution in [3.8, 4) is 0 Å². The molecule has 1 aromatic rings. The van der Waals surface area contributed by atoms with E-state index in [4.69, 9.17) is 4.74 Å². The Morgan fingerprint density at radius 2 is 1.90 bits per heavy atom. The lowest BCUT2D eigenvalue weighted by Crippen LogP contribution is -2.35. The van der Waals surface area contributed by atoms with Crippen LogP contribution in [0.4, 0.5) is 0 Å². The average Bonchev–Trinajstić information content (AvgIpc) is 2.91. The van der Waals surface area contributed by atoms with Gasteiger partial charge in [-0.05, 0) is 43.9 Å². The van der Waals surface area contributed by atoms with Crippen LogP contribution in [-0.4, -0.2) is 33.9 Å². The van der Waals surface area contributed by atoms with Gasteiger partial charge in [-0.25, -0.2) is 8.42 Å². The van der Waals surface area contributed by atoms with E-state index in [1.165, 1.54) is 6.26 Å². The van der Waals surface area contributed by atoms with Gasteiger partial charge >= 0.3 is 0 Å². The first-order valence-corrected chi connectivity index (χ1v) is 8.91. The molecule has 0 saturated carbocycles. The van der Waals surface area contributed by atoms with Crippen molar-refractivity contribution in [2.75, 3.05) is 19.5 Å². The number of sulfone groups is 1. The largest absolute Gasteiger partial charge is 0.381 e. The van der Waals surface area contributed by atoms with E-state index in [2.05, 4.69) is 19.2 Å². The SMILES string of the molecule is CC(NC(C)C1CCOC1)c1ccc(S(C)(=O)=O)cc1. The van der Waals surface area contributed by atoms with Crippen molar-refractivity contribution in [3.05, 3.63) is 29.8 Å². The predicted octanol–water partition coefficient (Wildman–Crippen LogP) is 2.17. The number of ether oxygens (including phenoxy) is 1. The Balaban J connectivity index is 2.00. The monoisotopic (exact) mass is 297 g/mol. The summed E-state index contributed by atoms with van der Waals surface area (Å²) in [4.78, 5) is 0.366. The van der Waals surface area contributed by atoms with E-state index in [1.54, 1.807) is 12.1 Å². The molecule has 112 valence electrons. The molecular formula is C15H23NO3S. The molecule has 0 amide bonds. The molecule has 3 atom stereocenters. The third-order valence-corrected chi connectivity index (χ3v) is 5.12. The third-order valence-electron chi connectivity index (χ3n) is 3.99. The van der Waals surface area contributed by atoms with Gasteiger partial charge in [0.1, 0.15) is 0 Å². The van der Waals surface area contributed by atoms with Gasteiger partial charge in [0.15, 0.2) is 9.84 Å². The van der Waals surface area contributed by atoms with Gasteiger partial charge < -0.3 is 10.1 Å². The van der Waals surface area contributed by atoms with Crippen LogP contribution in [0.2, 0.25) is 0 Å². The molecule has 1 aliphatic rings. The molecule has 0 aliphatic carbocycles. The fourth-order valence-corrected chi connectivity index (χ4v) is 3.21. The highest BCUT2D eigenvalue weighted by molar-refractivity contribution is 7.90. The minimum Gasteiger partial charge on any atom is -0.381 e. The van der Waals surface area contributed by atoms with E-state index >= 15 is 0 Å². The van der Waals surface area contributed by atoms with Crippen LogP contribution in [0.25, 0.3) is 0 Å². The Labute approximate surface area is 121 Å². The molecule has 2 rings (SSSR count). The number of benzene rings is 1. The molecule has 3 unspecified atom stereocenters. The lowest BCUT2D eigenvalue weighted by Gasteiger charge is -2.24. The van der Waals surface area contributed by atoms with E-state index in [0.29, 0.717) is 16.9 Å². The second kappa shape index (κ2) is 6.24. The van der Waals surface area contributed by atoms with E-state index in [9.17, 15) is 8.42 Å². The van der Waals surface area contributed by atoms with Gasteiger partial charge in [-0.15, -0.1) is 0 Å². The maximum atomic E-state index is 11.4. The fraction of sp³-hybridized carbons (Fsp3) is 0.600. The Kier molecular flexibility index (Phi) is 4.83. The highest BCUT2D eigenvalue weighted by Gasteiger charge is 2.23. The summed E-state index contributed by atoms with van der Waals surface area (Å²) < 4.78 is 28.3. The topological polar surface area (TPSA) is 55.4 Å². The molecule has 1 aromatic carbocycles. The quantitative estimate of drug-likeness (QED) is 0.905. The van der Waals surface area contributed by atoms with Gasteiger partial charge in [0.25, 0.3) is 0 Å². The summed E-state index contributed by atoms with van der Waals surface area (Å²) in [6.45, 7) is 5.96. The maximum absolute atomic E-state index is 11.4. The first-order chi connectivity index (χ1) is 9.38. The van der Waals surface area contributed by atoms with Gasteiger partial charge in [-0.3, -0.25) is 0 Å². The van der Waals surface area contributed by atoms with Crippen molar-refractivity contribution in [1.29, 1.82) is 0 Å². The molecule has 0 aromatic heterocycles. The zero-order chi connectivity index (χ0) is 14.8. The number of hydrogen-bond donors (Lipinski definition) is 1. The summed E-state index contributed by atoms with van der Waals surface area (Å²) >= 11 is 0. The van der Waals surface area contributed by atoms with Crippen LogP contribution >= 0.6 is 0 Å². The van der Waals surface area contributed by atoms with E-state index < -0.39 is 9.84 Å². The lowest BCUT2D eigenvalue weighted by molar-refractivity contribution is 0.177. The molecule has 4 nitrogen and oxygen atoms in total. The highest BCUT2D eigenvalue weighted by Crippen LogP contribution is 2.21. The Morgan fingerprint density at radius 3 is 2.40 bits per heavy atom. The molecular weight excluding hydrogens is 274 g/mol. The standard InChI is InChI=1S/C15H23NO3S/c1-11(16-12(2)14-8-9-19-10-14)13-4-6-15(7-5-13)20(3,17)18/h4-7,11-12,14,16H,8-10H2,1-3H3. The summed E-state index contributed by atoms with van der Waals surface area (Å²) in [7, 11) is -3.12. The van der Waals surface area contributed by atoms with Gasteiger partial charge in [-0.2, -0.15) is 0 Å². The summed E-state index contributed by atoms with van der Waals surface area (Å²) in [5, 5.41) is 3.57. The van der Waals surface area contributed by atoms with Crippen LogP contribution in [0.3, 0.4) is 0 Å². The second-order valence-electron chi connectivity index (χ2n) is 5.64. The molecule has 20 heavy (non-hydrogen) atoms. The van der Waals surface area contributed by atoms with Crippen LogP contribution in [-0.2, 0) is 14.6 Å². The Hall–Kier alpha value is -0.910. The summed E-state index contributed by atoms with van der Waals surface area (Å²) in [5.41, 5.74) is 1.10. The molecule has 1 fully saturated rings. The third kappa shape index (κ3) is 3.81. The number of hydrogen-bond acceptors (Lipinski definition) is 4. The Bertz CT molecular complexity index is 533. The van der Waals surface area contributed by atoms with Crippen LogP contribution in [0.5, 0.6) is 0 Å². The summed E-state index contributed by atoms with van der Waals surface area (Å²) in [5.74, 6) is 0.563. The second-order valence-corrected chi connectivity index (χ2v) is 7.66. The van der Waals surface area contributed by atoms with Crippen molar-refractivity contribution < 1.29 is 13.2 Å². The van der Waals surface area contributed by atoms with E-state index in [-0.39, 0.29) is 6.04 Å². The molecule has 0 spiro atoms. The molecule has 1 N–H and O–H groups in total. The minimum absolute atomic E-state index is 0.194. The highest BCUT2D eigenvalue weighted by atomic mass is 32.2. The summed E-state index contributed by atoms with van der Waals surface area (Å²) in [6, 6.07) is 7.69. The van der Waals surface area contributed by atoms with Crippen molar-refractivity contribution in [2.45, 2.75) is 37.2 Å². The smallest absolute Gasteiger partial charge is 0.175 e. The van der Waals surface area contributed by atoms with Gasteiger partial charge in [0.2, 0.25) is 0 Å². The average molecular weight is 297 g/mol. The van der Waals surface area contributed by atoms with Gasteiger partial charge in [-0.1, -0.05) is 12.1 Å². The molecule has 0 bridgehead atoms. The Morgan fingerprint density at radius 1 is 1.25 bits per heavy atom. The van der Waals surface area contributed by atoms with Crippen LogP contribution < -0.4 is 5.32 Å². The van der Waals surface area contributed by atoms with Crippen LogP contribution in [0.15, 0.2) is 29.2 Å². The lowest BCUT2D eigenvalue weighted by atomic mass is 9.98. The molecule has 1 saturated heterocycles. The molecule has 5 heteroatoms. The van der Waals surface area contributed by atoms with E-state index in [0.717, 1.165) is 25.2 Å². The van der Waals surface area contributed by atoms with Crippen molar-refractivity contribution in [1.82, 2.24) is 5.32 Å². The van der Waals surface area contributed by atoms with Crippen LogP contribution in [0.1, 0.15) is 31.9 Å². The molecule has 1 heterocycles. The fourth-order valence-electron chi connectivity index (χ4n) is 2.58. The first-order valence-electron chi connectivity index (χ1n) is 7.01. The van der Waals surface area contributed by atoms with Crippen molar-refractivity contribution >= 4 is 9.84 Å². The maximum Gasteiger partial charge on any atom is 0.175 e. The van der Waals surface area contributed by atoms with Crippen LogP contribution in [0, 0.1) is 5.92 Å². The number of nitrogens with one attached hydrogen (secondary N) is 1. The zero-order valence-corrected chi connectivity index (χ0v) is 13.1. The van der Waals surface area contributed by atoms with Crippen molar-refractivity contribution in [2.24, 2.45) is 5.92 Å². The van der Waals surface area contributed by atoms with Crippen molar-refractivity contribution in [3.63, 3.8) is 0 Å². The molecule has 1 aliphatic heterocycles. The number of rotatable bonds is 5. The first kappa shape index (κ1) is 15.5. The van der Waals surface area contributed by atoms with Gasteiger partial charge in [0, 0.05) is 24.9 Å². The zero-order valence-electron chi connectivity index (χ0n) is 12.3. The summed E-state index contributed by atoms with van der Waals surface area (Å²) in [6.07, 6.45) is 2.33. The normalized spacial score (nSPS) is 22.6. The predicted molar refractivity (Wildman–Crippen MR) is 79.5 cm³/mol.